The minimum atomic E-state index is -0.385. The fraction of sp³-hybridized carbons (Fsp3) is 0.111. The van der Waals surface area contributed by atoms with Crippen LogP contribution in [-0.4, -0.2) is 21.9 Å². The van der Waals surface area contributed by atoms with Crippen LogP contribution in [0.15, 0.2) is 52.9 Å². The molecule has 6 nitrogen and oxygen atoms in total. The molecule has 0 atom stereocenters. The summed E-state index contributed by atoms with van der Waals surface area (Å²) < 4.78 is 5.46. The Kier molecular flexibility index (Phi) is 4.20. The highest BCUT2D eigenvalue weighted by Gasteiger charge is 2.13. The minimum absolute atomic E-state index is 0.0196. The average Bonchev–Trinajstić information content (AvgIpc) is 3.04. The number of amides is 1. The Hall–Kier alpha value is -3.28. The molecule has 120 valence electrons. The average molecular weight is 321 g/mol. The summed E-state index contributed by atoms with van der Waals surface area (Å²) in [5.41, 5.74) is 2.85. The van der Waals surface area contributed by atoms with Crippen LogP contribution in [0, 0.1) is 6.92 Å². The second-order valence-electron chi connectivity index (χ2n) is 5.37. The molecular weight excluding hydrogens is 306 g/mol. The van der Waals surface area contributed by atoms with E-state index in [1.807, 2.05) is 31.2 Å². The van der Waals surface area contributed by atoms with Crippen molar-refractivity contribution in [3.05, 3.63) is 65.2 Å². The third-order valence-electron chi connectivity index (χ3n) is 3.50. The monoisotopic (exact) mass is 321 g/mol. The zero-order valence-electron chi connectivity index (χ0n) is 13.2. The number of aromatic nitrogens is 2. The summed E-state index contributed by atoms with van der Waals surface area (Å²) in [6.45, 7) is 3.46. The zero-order chi connectivity index (χ0) is 17.1. The molecule has 0 aliphatic rings. The Morgan fingerprint density at radius 2 is 1.54 bits per heavy atom. The number of nitrogens with zero attached hydrogens (tertiary/aromatic N) is 2. The Bertz CT molecular complexity index is 881. The summed E-state index contributed by atoms with van der Waals surface area (Å²) >= 11 is 0. The highest BCUT2D eigenvalue weighted by molar-refractivity contribution is 6.04. The van der Waals surface area contributed by atoms with Crippen molar-refractivity contribution in [3.63, 3.8) is 0 Å². The number of carbonyl (C=O) groups is 2. The third kappa shape index (κ3) is 3.38. The van der Waals surface area contributed by atoms with Crippen molar-refractivity contribution in [3.8, 4) is 11.5 Å². The molecule has 0 unspecified atom stereocenters. The zero-order valence-corrected chi connectivity index (χ0v) is 13.2. The second kappa shape index (κ2) is 6.45. The van der Waals surface area contributed by atoms with E-state index in [9.17, 15) is 9.59 Å². The van der Waals surface area contributed by atoms with Gasteiger partial charge in [0.2, 0.25) is 5.89 Å². The van der Waals surface area contributed by atoms with Gasteiger partial charge in [-0.2, -0.15) is 0 Å². The maximum atomic E-state index is 12.2. The first-order valence-electron chi connectivity index (χ1n) is 7.36. The molecule has 0 bridgehead atoms. The van der Waals surface area contributed by atoms with Crippen molar-refractivity contribution in [2.45, 2.75) is 13.8 Å². The Morgan fingerprint density at radius 3 is 2.17 bits per heavy atom. The van der Waals surface area contributed by atoms with E-state index in [1.54, 1.807) is 24.3 Å². The highest BCUT2D eigenvalue weighted by Crippen LogP contribution is 2.20. The van der Waals surface area contributed by atoms with Gasteiger partial charge in [0.25, 0.3) is 5.91 Å². The van der Waals surface area contributed by atoms with Gasteiger partial charge in [0, 0.05) is 16.7 Å². The van der Waals surface area contributed by atoms with Gasteiger partial charge in [0.05, 0.1) is 0 Å². The van der Waals surface area contributed by atoms with Gasteiger partial charge in [-0.1, -0.05) is 34.9 Å². The molecule has 1 amide bonds. The molecule has 2 aromatic carbocycles. The van der Waals surface area contributed by atoms with E-state index in [2.05, 4.69) is 15.5 Å². The first-order chi connectivity index (χ1) is 11.5. The van der Waals surface area contributed by atoms with E-state index in [0.29, 0.717) is 17.0 Å². The maximum absolute atomic E-state index is 12.2. The smallest absolute Gasteiger partial charge is 0.322 e. The molecule has 3 aromatic rings. The van der Waals surface area contributed by atoms with E-state index in [4.69, 9.17) is 4.42 Å². The lowest BCUT2D eigenvalue weighted by Gasteiger charge is -2.01. The van der Waals surface area contributed by atoms with E-state index < -0.39 is 0 Å². The summed E-state index contributed by atoms with van der Waals surface area (Å²) in [6, 6.07) is 14.0. The minimum Gasteiger partial charge on any atom is -0.403 e. The van der Waals surface area contributed by atoms with Crippen molar-refractivity contribution in [1.29, 1.82) is 0 Å². The lowest BCUT2D eigenvalue weighted by molar-refractivity contribution is 0.100. The number of anilines is 1. The number of Topliss-reactive ketones (excluding diaryl/α,β-unsaturated/α-hetero) is 1. The molecule has 1 aromatic heterocycles. The molecule has 0 radical (unpaired) electrons. The molecular formula is C18H15N3O3. The summed E-state index contributed by atoms with van der Waals surface area (Å²) in [7, 11) is 0. The number of hydrogen-bond donors (Lipinski definition) is 1. The topological polar surface area (TPSA) is 85.1 Å². The third-order valence-corrected chi connectivity index (χ3v) is 3.50. The van der Waals surface area contributed by atoms with Crippen LogP contribution in [0.1, 0.15) is 33.2 Å². The van der Waals surface area contributed by atoms with Gasteiger partial charge in [-0.3, -0.25) is 14.9 Å². The van der Waals surface area contributed by atoms with Crippen molar-refractivity contribution < 1.29 is 14.0 Å². The Labute approximate surface area is 138 Å². The van der Waals surface area contributed by atoms with Gasteiger partial charge in [-0.15, -0.1) is 5.10 Å². The van der Waals surface area contributed by atoms with E-state index >= 15 is 0 Å². The number of hydrogen-bond acceptors (Lipinski definition) is 5. The van der Waals surface area contributed by atoms with Crippen LogP contribution < -0.4 is 5.32 Å². The molecule has 0 aliphatic heterocycles. The molecule has 1 heterocycles. The predicted octanol–water partition coefficient (Wildman–Crippen LogP) is 3.50. The fourth-order valence-corrected chi connectivity index (χ4v) is 2.11. The number of ketones is 1. The van der Waals surface area contributed by atoms with Crippen LogP contribution >= 0.6 is 0 Å². The molecule has 0 spiro atoms. The Balaban J connectivity index is 1.73. The normalized spacial score (nSPS) is 10.4. The molecule has 0 fully saturated rings. The van der Waals surface area contributed by atoms with Crippen LogP contribution in [0.4, 0.5) is 6.01 Å². The van der Waals surface area contributed by atoms with Crippen LogP contribution in [-0.2, 0) is 0 Å². The molecule has 1 N–H and O–H groups in total. The summed E-state index contributed by atoms with van der Waals surface area (Å²) in [4.78, 5) is 23.4. The summed E-state index contributed by atoms with van der Waals surface area (Å²) in [5, 5.41) is 10.3. The molecule has 24 heavy (non-hydrogen) atoms. The quantitative estimate of drug-likeness (QED) is 0.743. The van der Waals surface area contributed by atoms with Crippen molar-refractivity contribution in [2.24, 2.45) is 0 Å². The van der Waals surface area contributed by atoms with Crippen LogP contribution in [0.25, 0.3) is 11.5 Å². The van der Waals surface area contributed by atoms with E-state index in [-0.39, 0.29) is 17.7 Å². The lowest BCUT2D eigenvalue weighted by atomic mass is 10.1. The van der Waals surface area contributed by atoms with Gasteiger partial charge in [0.1, 0.15) is 0 Å². The van der Waals surface area contributed by atoms with Crippen molar-refractivity contribution in [1.82, 2.24) is 10.2 Å². The number of nitrogens with one attached hydrogen (secondary N) is 1. The number of aryl methyl sites for hydroxylation is 1. The second-order valence-corrected chi connectivity index (χ2v) is 5.37. The molecule has 0 saturated carbocycles. The van der Waals surface area contributed by atoms with Crippen LogP contribution in [0.2, 0.25) is 0 Å². The first-order valence-corrected chi connectivity index (χ1v) is 7.36. The highest BCUT2D eigenvalue weighted by atomic mass is 16.4. The van der Waals surface area contributed by atoms with Crippen LogP contribution in [0.5, 0.6) is 0 Å². The number of rotatable bonds is 4. The predicted molar refractivity (Wildman–Crippen MR) is 88.9 cm³/mol. The Morgan fingerprint density at radius 1 is 0.917 bits per heavy atom. The molecule has 6 heteroatoms. The van der Waals surface area contributed by atoms with Crippen molar-refractivity contribution >= 4 is 17.7 Å². The molecule has 3 rings (SSSR count). The number of carbonyl (C=O) groups excluding carboxylic acids is 2. The summed E-state index contributed by atoms with van der Waals surface area (Å²) in [5.74, 6) is -0.108. The molecule has 0 aliphatic carbocycles. The van der Waals surface area contributed by atoms with Gasteiger partial charge >= 0.3 is 6.01 Å². The number of benzene rings is 2. The SMILES string of the molecule is CC(=O)c1ccc(C(=O)Nc2nnc(-c3ccc(C)cc3)o2)cc1. The van der Waals surface area contributed by atoms with E-state index in [1.165, 1.54) is 6.92 Å². The largest absolute Gasteiger partial charge is 0.403 e. The van der Waals surface area contributed by atoms with Crippen LogP contribution in [0.3, 0.4) is 0 Å². The summed E-state index contributed by atoms with van der Waals surface area (Å²) in [6.07, 6.45) is 0. The van der Waals surface area contributed by atoms with Crippen molar-refractivity contribution in [2.75, 3.05) is 5.32 Å². The fourth-order valence-electron chi connectivity index (χ4n) is 2.11. The maximum Gasteiger partial charge on any atom is 0.322 e. The van der Waals surface area contributed by atoms with Gasteiger partial charge < -0.3 is 4.42 Å². The van der Waals surface area contributed by atoms with Gasteiger partial charge in [-0.25, -0.2) is 0 Å². The van der Waals surface area contributed by atoms with Gasteiger partial charge in [0.15, 0.2) is 5.78 Å². The van der Waals surface area contributed by atoms with Gasteiger partial charge in [-0.05, 0) is 38.1 Å². The first kappa shape index (κ1) is 15.6. The van der Waals surface area contributed by atoms with E-state index in [0.717, 1.165) is 11.1 Å². The molecule has 0 saturated heterocycles. The lowest BCUT2D eigenvalue weighted by Crippen LogP contribution is -2.12. The standard InChI is InChI=1S/C18H15N3O3/c1-11-3-5-15(6-4-11)17-20-21-18(24-17)19-16(23)14-9-7-13(8-10-14)12(2)22/h3-10H,1-2H3,(H,19,21,23).